The highest BCUT2D eigenvalue weighted by atomic mass is 32.2. The van der Waals surface area contributed by atoms with Gasteiger partial charge in [-0.25, -0.2) is 8.42 Å². The van der Waals surface area contributed by atoms with Crippen LogP contribution >= 0.6 is 0 Å². The van der Waals surface area contributed by atoms with Crippen LogP contribution in [0.25, 0.3) is 0 Å². The van der Waals surface area contributed by atoms with Crippen molar-refractivity contribution < 1.29 is 27.5 Å². The first-order valence-corrected chi connectivity index (χ1v) is 11.1. The van der Waals surface area contributed by atoms with Gasteiger partial charge in [0.2, 0.25) is 15.9 Å². The Morgan fingerprint density at radius 2 is 1.93 bits per heavy atom. The first-order chi connectivity index (χ1) is 14.2. The van der Waals surface area contributed by atoms with Gasteiger partial charge in [0, 0.05) is 39.3 Å². The van der Waals surface area contributed by atoms with Crippen LogP contribution in [0.2, 0.25) is 0 Å². The first kappa shape index (κ1) is 22.2. The summed E-state index contributed by atoms with van der Waals surface area (Å²) in [6.07, 6.45) is 0.556. The van der Waals surface area contributed by atoms with Crippen molar-refractivity contribution in [2.75, 3.05) is 40.3 Å². The lowest BCUT2D eigenvalue weighted by Crippen LogP contribution is -2.49. The summed E-state index contributed by atoms with van der Waals surface area (Å²) in [6.45, 7) is 0.514. The summed E-state index contributed by atoms with van der Waals surface area (Å²) in [7, 11) is -0.457. The minimum atomic E-state index is -3.80. The number of likely N-dealkylation sites (N-methyl/N-ethyl adjacent to an activating group) is 1. The Morgan fingerprint density at radius 3 is 2.57 bits per heavy atom. The van der Waals surface area contributed by atoms with Crippen molar-refractivity contribution in [1.82, 2.24) is 19.8 Å². The summed E-state index contributed by atoms with van der Waals surface area (Å²) in [4.78, 5) is 37.3. The maximum Gasteiger partial charge on any atom is 0.251 e. The number of ether oxygens (including phenoxy) is 1. The number of carbonyl (C=O) groups excluding carboxylic acids is 3. The second-order valence-corrected chi connectivity index (χ2v) is 9.42. The van der Waals surface area contributed by atoms with Crippen molar-refractivity contribution in [2.24, 2.45) is 0 Å². The lowest BCUT2D eigenvalue weighted by molar-refractivity contribution is -0.140. The number of sulfonamides is 1. The molecule has 2 fully saturated rings. The van der Waals surface area contributed by atoms with E-state index in [0.717, 1.165) is 4.31 Å². The van der Waals surface area contributed by atoms with E-state index in [4.69, 9.17) is 4.74 Å². The minimum absolute atomic E-state index is 0.0258. The number of rotatable bonds is 6. The summed E-state index contributed by atoms with van der Waals surface area (Å²) in [5.74, 6) is -0.793. The van der Waals surface area contributed by atoms with Gasteiger partial charge in [-0.15, -0.1) is 0 Å². The Balaban J connectivity index is 1.55. The van der Waals surface area contributed by atoms with Crippen LogP contribution in [0.1, 0.15) is 23.2 Å². The molecule has 1 aromatic carbocycles. The van der Waals surface area contributed by atoms with Crippen LogP contribution in [0.15, 0.2) is 29.2 Å². The molecule has 2 atom stereocenters. The molecule has 0 unspecified atom stereocenters. The number of hydrogen-bond acceptors (Lipinski definition) is 6. The summed E-state index contributed by atoms with van der Waals surface area (Å²) in [6, 6.07) is 5.57. The fourth-order valence-electron chi connectivity index (χ4n) is 3.38. The van der Waals surface area contributed by atoms with Gasteiger partial charge in [-0.2, -0.15) is 4.31 Å². The van der Waals surface area contributed by atoms with Crippen LogP contribution in [-0.2, 0) is 24.3 Å². The number of nitrogens with zero attached hydrogens (tertiary/aromatic N) is 2. The van der Waals surface area contributed by atoms with Crippen molar-refractivity contribution in [3.05, 3.63) is 29.8 Å². The molecule has 0 aromatic heterocycles. The summed E-state index contributed by atoms with van der Waals surface area (Å²) >= 11 is 0. The van der Waals surface area contributed by atoms with Crippen molar-refractivity contribution in [1.29, 1.82) is 0 Å². The third kappa shape index (κ3) is 4.97. The molecule has 2 saturated heterocycles. The van der Waals surface area contributed by atoms with Crippen molar-refractivity contribution in [3.63, 3.8) is 0 Å². The Morgan fingerprint density at radius 1 is 1.23 bits per heavy atom. The fourth-order valence-corrected chi connectivity index (χ4v) is 4.78. The smallest absolute Gasteiger partial charge is 0.251 e. The molecule has 3 rings (SSSR count). The molecular weight excluding hydrogens is 412 g/mol. The zero-order valence-corrected chi connectivity index (χ0v) is 17.8. The highest BCUT2D eigenvalue weighted by Crippen LogP contribution is 2.21. The van der Waals surface area contributed by atoms with Crippen LogP contribution in [0, 0.1) is 0 Å². The van der Waals surface area contributed by atoms with Gasteiger partial charge in [-0.1, -0.05) is 0 Å². The fraction of sp³-hybridized carbons (Fsp3) is 0.526. The molecule has 2 aliphatic heterocycles. The van der Waals surface area contributed by atoms with E-state index < -0.39 is 16.1 Å². The first-order valence-electron chi connectivity index (χ1n) is 9.70. The van der Waals surface area contributed by atoms with E-state index in [2.05, 4.69) is 10.6 Å². The summed E-state index contributed by atoms with van der Waals surface area (Å²) in [5.41, 5.74) is 0.309. The molecule has 0 spiro atoms. The lowest BCUT2D eigenvalue weighted by atomic mass is 10.1. The van der Waals surface area contributed by atoms with Crippen molar-refractivity contribution in [3.8, 4) is 0 Å². The van der Waals surface area contributed by atoms with Gasteiger partial charge in [0.1, 0.15) is 6.10 Å². The molecule has 0 aliphatic carbocycles. The highest BCUT2D eigenvalue weighted by Gasteiger charge is 2.32. The van der Waals surface area contributed by atoms with E-state index in [0.29, 0.717) is 18.4 Å². The third-order valence-electron chi connectivity index (χ3n) is 5.07. The molecular formula is C19H26N4O6S. The molecule has 30 heavy (non-hydrogen) atoms. The normalized spacial score (nSPS) is 22.4. The molecule has 3 amide bonds. The second kappa shape index (κ2) is 9.11. The molecule has 164 valence electrons. The molecule has 1 aromatic rings. The van der Waals surface area contributed by atoms with Crippen molar-refractivity contribution >= 4 is 27.7 Å². The number of amides is 3. The van der Waals surface area contributed by atoms with Crippen LogP contribution < -0.4 is 10.6 Å². The van der Waals surface area contributed by atoms with E-state index in [1.807, 2.05) is 0 Å². The number of nitrogens with one attached hydrogen (secondary N) is 2. The number of hydrogen-bond donors (Lipinski definition) is 2. The van der Waals surface area contributed by atoms with Gasteiger partial charge >= 0.3 is 0 Å². The molecule has 11 heteroatoms. The van der Waals surface area contributed by atoms with Gasteiger partial charge in [-0.05, 0) is 37.1 Å². The molecule has 0 bridgehead atoms. The van der Waals surface area contributed by atoms with Crippen LogP contribution in [-0.4, -0.2) is 87.8 Å². The standard InChI is InChI=1S/C19H26N4O6S/c1-22(2)19(26)16-8-5-14(29-16)11-21-18(25)13-3-6-15(7-4-13)30(27,28)23-10-9-20-17(24)12-23/h3-4,6-7,14,16H,5,8-12H2,1-2H3,(H,20,24)(H,21,25)/t14-,16-/m0/s1. The largest absolute Gasteiger partial charge is 0.363 e. The van der Waals surface area contributed by atoms with Gasteiger partial charge in [0.05, 0.1) is 17.5 Å². The Labute approximate surface area is 175 Å². The maximum atomic E-state index is 12.6. The summed E-state index contributed by atoms with van der Waals surface area (Å²) in [5, 5.41) is 5.34. The molecule has 10 nitrogen and oxygen atoms in total. The average molecular weight is 439 g/mol. The van der Waals surface area contributed by atoms with Gasteiger partial charge < -0.3 is 20.3 Å². The number of piperazine rings is 1. The highest BCUT2D eigenvalue weighted by molar-refractivity contribution is 7.89. The van der Waals surface area contributed by atoms with E-state index in [9.17, 15) is 22.8 Å². The molecule has 0 saturated carbocycles. The molecule has 2 heterocycles. The second-order valence-electron chi connectivity index (χ2n) is 7.48. The monoisotopic (exact) mass is 438 g/mol. The Bertz CT molecular complexity index is 915. The van der Waals surface area contributed by atoms with E-state index in [-0.39, 0.29) is 54.9 Å². The number of benzene rings is 1. The molecule has 2 aliphatic rings. The average Bonchev–Trinajstić information content (AvgIpc) is 3.20. The maximum absolute atomic E-state index is 12.6. The quantitative estimate of drug-likeness (QED) is 0.597. The van der Waals surface area contributed by atoms with Gasteiger partial charge in [0.25, 0.3) is 11.8 Å². The number of carbonyl (C=O) groups is 3. The Hall–Kier alpha value is -2.50. The third-order valence-corrected chi connectivity index (χ3v) is 6.93. The zero-order valence-electron chi connectivity index (χ0n) is 17.0. The lowest BCUT2D eigenvalue weighted by Gasteiger charge is -2.25. The SMILES string of the molecule is CN(C)C(=O)[C@@H]1CC[C@@H](CNC(=O)c2ccc(S(=O)(=O)N3CCNC(=O)C3)cc2)O1. The van der Waals surface area contributed by atoms with Crippen LogP contribution in [0.3, 0.4) is 0 Å². The van der Waals surface area contributed by atoms with Crippen LogP contribution in [0.4, 0.5) is 0 Å². The Kier molecular flexibility index (Phi) is 6.74. The minimum Gasteiger partial charge on any atom is -0.363 e. The summed E-state index contributed by atoms with van der Waals surface area (Å²) < 4.78 is 32.1. The van der Waals surface area contributed by atoms with E-state index in [1.54, 1.807) is 14.1 Å². The zero-order chi connectivity index (χ0) is 21.9. The van der Waals surface area contributed by atoms with Crippen LogP contribution in [0.5, 0.6) is 0 Å². The van der Waals surface area contributed by atoms with Gasteiger partial charge in [0.15, 0.2) is 0 Å². The van der Waals surface area contributed by atoms with E-state index >= 15 is 0 Å². The topological polar surface area (TPSA) is 125 Å². The van der Waals surface area contributed by atoms with Crippen molar-refractivity contribution in [2.45, 2.75) is 29.9 Å². The predicted molar refractivity (Wildman–Crippen MR) is 107 cm³/mol. The van der Waals surface area contributed by atoms with Gasteiger partial charge in [-0.3, -0.25) is 14.4 Å². The molecule has 0 radical (unpaired) electrons. The van der Waals surface area contributed by atoms with E-state index in [1.165, 1.54) is 29.2 Å². The predicted octanol–water partition coefficient (Wildman–Crippen LogP) is -0.827. The molecule has 2 N–H and O–H groups in total.